The number of carboxylic acids is 1. The number of carbonyl (C=O) groups excluding carboxylic acids is 7. The number of carboxylic acid groups (broad SMARTS) is 1. The van der Waals surface area contributed by atoms with Crippen LogP contribution in [-0.2, 0) is 38.4 Å². The van der Waals surface area contributed by atoms with Crippen LogP contribution in [0.1, 0.15) is 143 Å². The number of rotatable bonds is 36. The van der Waals surface area contributed by atoms with Crippen molar-refractivity contribution >= 4 is 53.3 Å². The lowest BCUT2D eigenvalue weighted by atomic mass is 10.0. The predicted octanol–water partition coefficient (Wildman–Crippen LogP) is -0.299. The number of guanidine groups is 1. The molecule has 362 valence electrons. The van der Waals surface area contributed by atoms with Crippen LogP contribution in [-0.4, -0.2) is 132 Å². The number of hydrogen-bond donors (Lipinski definition) is 12. The Bertz CT molecular complexity index is 1440. The summed E-state index contributed by atoms with van der Waals surface area (Å²) in [7, 11) is 1.39. The summed E-state index contributed by atoms with van der Waals surface area (Å²) in [5, 5.41) is 46.4. The fourth-order valence-corrected chi connectivity index (χ4v) is 6.51. The van der Waals surface area contributed by atoms with Crippen LogP contribution in [0.4, 0.5) is 0 Å². The van der Waals surface area contributed by atoms with E-state index in [1.54, 1.807) is 0 Å². The molecule has 0 aromatic heterocycles. The highest BCUT2D eigenvalue weighted by Crippen LogP contribution is 2.13. The smallest absolute Gasteiger partial charge is 0.305 e. The molecule has 0 aromatic carbocycles. The highest BCUT2D eigenvalue weighted by molar-refractivity contribution is 5.98. The summed E-state index contributed by atoms with van der Waals surface area (Å²) >= 11 is 0. The summed E-state index contributed by atoms with van der Waals surface area (Å²) in [5.41, 5.74) is 10.8. The maximum absolute atomic E-state index is 13.5. The van der Waals surface area contributed by atoms with Crippen molar-refractivity contribution in [2.24, 2.45) is 22.4 Å². The minimum atomic E-state index is -1.84. The molecule has 21 nitrogen and oxygen atoms in total. The number of nitrogens with one attached hydrogen (secondary N) is 7. The van der Waals surface area contributed by atoms with Gasteiger partial charge in [0.1, 0.15) is 30.2 Å². The van der Waals surface area contributed by atoms with Gasteiger partial charge in [-0.1, -0.05) is 97.8 Å². The van der Waals surface area contributed by atoms with E-state index in [1.807, 2.05) is 13.8 Å². The third-order valence-corrected chi connectivity index (χ3v) is 10.0. The molecule has 0 heterocycles. The molecule has 0 aliphatic heterocycles. The first-order valence-electron chi connectivity index (χ1n) is 22.4. The molecule has 0 bridgehead atoms. The van der Waals surface area contributed by atoms with Gasteiger partial charge in [-0.25, -0.2) is 0 Å². The standard InChI is InChI=1S/C42H78N10O11/c1-6-7-8-9-10-11-12-13-14-15-16-17-18-21-33(55)47-25-34(56)48-32(26-53)40(62)52-36(28(4)54)41(63)51-31(24-35(57)58)39(61)49-29(20-19-22-46-42(43)44)38(60)50-30(23-27(2)3)37(59)45-5/h27-32,36,53-54H,6-26H2,1-5H3,(H,45,59)(H,47,55)(H,48,56)(H,49,61)(H,50,60)(H,51,63)(H,52,62)(H,57,58)(H4,43,44,46)/t28-,29+,30+,31+,32+,36+/m1/s1. The molecule has 0 aliphatic rings. The van der Waals surface area contributed by atoms with Crippen LogP contribution in [0.15, 0.2) is 4.99 Å². The Kier molecular flexibility index (Phi) is 31.7. The molecule has 0 rings (SSSR count). The second kappa shape index (κ2) is 34.4. The van der Waals surface area contributed by atoms with Crippen molar-refractivity contribution in [2.45, 2.75) is 180 Å². The number of likely N-dealkylation sites (N-methyl/N-ethyl adjacent to an activating group) is 1. The lowest BCUT2D eigenvalue weighted by Crippen LogP contribution is -2.61. The average Bonchev–Trinajstić information content (AvgIpc) is 3.22. The van der Waals surface area contributed by atoms with E-state index in [4.69, 9.17) is 11.5 Å². The number of aliphatic carboxylic acids is 1. The molecule has 0 radical (unpaired) electrons. The van der Waals surface area contributed by atoms with Crippen molar-refractivity contribution in [3.8, 4) is 0 Å². The Labute approximate surface area is 372 Å². The first-order chi connectivity index (χ1) is 29.9. The Balaban J connectivity index is 5.38. The van der Waals surface area contributed by atoms with Gasteiger partial charge in [0.05, 0.1) is 25.7 Å². The van der Waals surface area contributed by atoms with Crippen LogP contribution >= 0.6 is 0 Å². The minimum absolute atomic E-state index is 0.0137. The molecule has 0 spiro atoms. The lowest BCUT2D eigenvalue weighted by Gasteiger charge is -2.27. The largest absolute Gasteiger partial charge is 0.481 e. The van der Waals surface area contributed by atoms with E-state index in [1.165, 1.54) is 64.8 Å². The van der Waals surface area contributed by atoms with Crippen LogP contribution in [0, 0.1) is 5.92 Å². The maximum Gasteiger partial charge on any atom is 0.305 e. The SMILES string of the molecule is CCCCCCCCCCCCCCCC(=O)NCC(=O)N[C@@H](CO)C(=O)N[C@H](C(=O)N[C@@H](CC(=O)O)C(=O)N[C@@H](CCCN=C(N)N)C(=O)N[C@@H](CC(C)C)C(=O)NC)[C@@H](C)O. The predicted molar refractivity (Wildman–Crippen MR) is 237 cm³/mol. The zero-order valence-corrected chi connectivity index (χ0v) is 38.1. The molecule has 0 aromatic rings. The zero-order valence-electron chi connectivity index (χ0n) is 38.1. The number of aliphatic hydroxyl groups excluding tert-OH is 2. The summed E-state index contributed by atoms with van der Waals surface area (Å²) < 4.78 is 0. The molecule has 0 saturated carbocycles. The van der Waals surface area contributed by atoms with Crippen LogP contribution in [0.2, 0.25) is 0 Å². The third kappa shape index (κ3) is 28.3. The zero-order chi connectivity index (χ0) is 47.7. The molecule has 0 unspecified atom stereocenters. The van der Waals surface area contributed by atoms with Crippen molar-refractivity contribution in [3.05, 3.63) is 0 Å². The van der Waals surface area contributed by atoms with Gasteiger partial charge < -0.3 is 64.0 Å². The molecule has 6 atom stereocenters. The first kappa shape index (κ1) is 57.9. The van der Waals surface area contributed by atoms with Gasteiger partial charge in [-0.3, -0.25) is 43.3 Å². The number of carbonyl (C=O) groups is 8. The van der Waals surface area contributed by atoms with Crippen molar-refractivity contribution in [1.29, 1.82) is 0 Å². The molecule has 7 amide bonds. The van der Waals surface area contributed by atoms with Gasteiger partial charge in [-0.2, -0.15) is 0 Å². The van der Waals surface area contributed by atoms with Gasteiger partial charge in [0, 0.05) is 20.0 Å². The Morgan fingerprint density at radius 1 is 0.603 bits per heavy atom. The Morgan fingerprint density at radius 3 is 1.60 bits per heavy atom. The van der Waals surface area contributed by atoms with Gasteiger partial charge in [0.2, 0.25) is 41.4 Å². The van der Waals surface area contributed by atoms with Crippen molar-refractivity contribution in [3.63, 3.8) is 0 Å². The van der Waals surface area contributed by atoms with E-state index in [9.17, 15) is 53.7 Å². The number of nitrogens with zero attached hydrogens (tertiary/aromatic N) is 1. The number of amides is 7. The molecule has 0 fully saturated rings. The van der Waals surface area contributed by atoms with Crippen molar-refractivity contribution < 1.29 is 53.7 Å². The summed E-state index contributed by atoms with van der Waals surface area (Å²) in [6, 6.07) is -7.63. The number of unbranched alkanes of at least 4 members (excludes halogenated alkanes) is 12. The van der Waals surface area contributed by atoms with Crippen LogP contribution in [0.5, 0.6) is 0 Å². The Hall–Kier alpha value is -5.05. The maximum atomic E-state index is 13.5. The van der Waals surface area contributed by atoms with Gasteiger partial charge >= 0.3 is 5.97 Å². The fraction of sp³-hybridized carbons (Fsp3) is 0.786. The number of aliphatic imine (C=N–C) groups is 1. The summed E-state index contributed by atoms with van der Waals surface area (Å²) in [6.45, 7) is 5.63. The van der Waals surface area contributed by atoms with E-state index in [2.05, 4.69) is 49.1 Å². The van der Waals surface area contributed by atoms with Gasteiger partial charge in [-0.15, -0.1) is 0 Å². The van der Waals surface area contributed by atoms with Gasteiger partial charge in [0.25, 0.3) is 0 Å². The number of nitrogens with two attached hydrogens (primary N) is 2. The van der Waals surface area contributed by atoms with Gasteiger partial charge in [0.15, 0.2) is 5.96 Å². The molecular formula is C42H78N10O11. The molecule has 0 saturated heterocycles. The van der Waals surface area contributed by atoms with E-state index >= 15 is 0 Å². The van der Waals surface area contributed by atoms with Crippen molar-refractivity contribution in [2.75, 3.05) is 26.7 Å². The van der Waals surface area contributed by atoms with E-state index in [0.29, 0.717) is 6.42 Å². The molecule has 14 N–H and O–H groups in total. The minimum Gasteiger partial charge on any atom is -0.481 e. The normalized spacial score (nSPS) is 13.8. The van der Waals surface area contributed by atoms with Crippen molar-refractivity contribution in [1.82, 2.24) is 37.2 Å². The second-order valence-corrected chi connectivity index (χ2v) is 16.3. The third-order valence-electron chi connectivity index (χ3n) is 10.0. The quantitative estimate of drug-likeness (QED) is 0.0219. The highest BCUT2D eigenvalue weighted by Gasteiger charge is 2.35. The topological polar surface area (TPSA) is 346 Å². The summed E-state index contributed by atoms with van der Waals surface area (Å²) in [6.07, 6.45) is 13.0. The highest BCUT2D eigenvalue weighted by atomic mass is 16.4. The monoisotopic (exact) mass is 899 g/mol. The summed E-state index contributed by atoms with van der Waals surface area (Å²) in [4.78, 5) is 106. The average molecular weight is 899 g/mol. The molecular weight excluding hydrogens is 821 g/mol. The number of hydrogen-bond acceptors (Lipinski definition) is 11. The number of aliphatic hydroxyl groups is 2. The van der Waals surface area contributed by atoms with E-state index < -0.39 is 97.3 Å². The van der Waals surface area contributed by atoms with Crippen LogP contribution in [0.25, 0.3) is 0 Å². The molecule has 63 heavy (non-hydrogen) atoms. The first-order valence-corrected chi connectivity index (χ1v) is 22.4. The summed E-state index contributed by atoms with van der Waals surface area (Å²) in [5.74, 6) is -7.67. The lowest BCUT2D eigenvalue weighted by molar-refractivity contribution is -0.142. The second-order valence-electron chi connectivity index (χ2n) is 16.3. The Morgan fingerprint density at radius 2 is 1.11 bits per heavy atom. The van der Waals surface area contributed by atoms with Crippen LogP contribution < -0.4 is 48.7 Å². The van der Waals surface area contributed by atoms with Gasteiger partial charge in [-0.05, 0) is 38.5 Å². The molecule has 21 heteroatoms. The fourth-order valence-electron chi connectivity index (χ4n) is 6.51. The van der Waals surface area contributed by atoms with E-state index in [-0.39, 0.29) is 50.0 Å². The molecule has 0 aliphatic carbocycles. The van der Waals surface area contributed by atoms with E-state index in [0.717, 1.165) is 26.2 Å². The van der Waals surface area contributed by atoms with Crippen LogP contribution in [0.3, 0.4) is 0 Å².